The topological polar surface area (TPSA) is 86.7 Å². The Bertz CT molecular complexity index is 1310. The SMILES string of the molecule is CC(C)(Oc1ccc(C(c2ccc(OS(=O)(=O)C(C)(C)F)cc2)(C(F)(F)F)C(F)(F)F)cc1)S(=O)(=O)F. The van der Waals surface area contributed by atoms with Gasteiger partial charge in [0.15, 0.2) is 0 Å². The van der Waals surface area contributed by atoms with E-state index in [2.05, 4.69) is 4.18 Å². The fourth-order valence-corrected chi connectivity index (χ4v) is 3.83. The highest BCUT2D eigenvalue weighted by Crippen LogP contribution is 2.56. The van der Waals surface area contributed by atoms with Gasteiger partial charge in [0.25, 0.3) is 0 Å². The lowest BCUT2D eigenvalue weighted by atomic mass is 9.73. The maximum absolute atomic E-state index is 14.2. The van der Waals surface area contributed by atoms with Crippen molar-refractivity contribution in [3.8, 4) is 11.5 Å². The molecule has 0 bridgehead atoms. The summed E-state index contributed by atoms with van der Waals surface area (Å²) in [7, 11) is -10.2. The van der Waals surface area contributed by atoms with E-state index in [1.54, 1.807) is 0 Å². The van der Waals surface area contributed by atoms with Crippen LogP contribution in [0.4, 0.5) is 34.6 Å². The number of hydrogen-bond donors (Lipinski definition) is 0. The molecule has 6 nitrogen and oxygen atoms in total. The summed E-state index contributed by atoms with van der Waals surface area (Å²) in [5.41, 5.74) is -7.42. The van der Waals surface area contributed by atoms with E-state index >= 15 is 0 Å². The minimum Gasteiger partial charge on any atom is -0.469 e. The monoisotopic (exact) mass is 584 g/mol. The molecule has 0 fully saturated rings. The normalized spacial score (nSPS) is 14.4. The average Bonchev–Trinajstić information content (AvgIpc) is 2.66. The molecular weight excluding hydrogens is 564 g/mol. The number of ether oxygens (including phenoxy) is 1. The second-order valence-corrected chi connectivity index (χ2v) is 12.5. The van der Waals surface area contributed by atoms with E-state index < -0.39 is 70.7 Å². The molecule has 0 N–H and O–H groups in total. The predicted octanol–water partition coefficient (Wildman–Crippen LogP) is 5.93. The van der Waals surface area contributed by atoms with Gasteiger partial charge >= 0.3 is 32.7 Å². The van der Waals surface area contributed by atoms with Crippen molar-refractivity contribution in [2.24, 2.45) is 0 Å². The fourth-order valence-electron chi connectivity index (χ4n) is 3.07. The van der Waals surface area contributed by atoms with Crippen molar-refractivity contribution in [2.75, 3.05) is 0 Å². The standard InChI is InChI=1S/C21H20F8O6S2/c1-17(2,22)37(32,33)35-16-11-7-14(8-12-16)19(20(23,24)25,21(26,27)28)13-5-9-15(10-6-13)34-18(3,4)36(29,30)31/h5-12H,1-4H3. The maximum Gasteiger partial charge on any atom is 0.411 e. The first-order chi connectivity index (χ1) is 16.4. The number of halogens is 8. The van der Waals surface area contributed by atoms with Gasteiger partial charge < -0.3 is 8.92 Å². The van der Waals surface area contributed by atoms with Gasteiger partial charge in [-0.2, -0.15) is 43.2 Å². The number of rotatable bonds is 8. The van der Waals surface area contributed by atoms with Crippen molar-refractivity contribution in [2.45, 2.75) is 55.4 Å². The average molecular weight is 585 g/mol. The van der Waals surface area contributed by atoms with Crippen LogP contribution in [0.5, 0.6) is 11.5 Å². The second kappa shape index (κ2) is 9.29. The highest BCUT2D eigenvalue weighted by atomic mass is 32.3. The van der Waals surface area contributed by atoms with Crippen molar-refractivity contribution >= 4 is 20.3 Å². The van der Waals surface area contributed by atoms with E-state index in [-0.39, 0.29) is 0 Å². The van der Waals surface area contributed by atoms with Gasteiger partial charge in [-0.3, -0.25) is 0 Å². The van der Waals surface area contributed by atoms with E-state index in [4.69, 9.17) is 4.74 Å². The molecule has 0 aliphatic rings. The van der Waals surface area contributed by atoms with Gasteiger partial charge in [0.2, 0.25) is 15.3 Å². The minimum atomic E-state index is -6.01. The Morgan fingerprint density at radius 2 is 0.973 bits per heavy atom. The van der Waals surface area contributed by atoms with Crippen molar-refractivity contribution in [3.05, 3.63) is 59.7 Å². The molecule has 2 aromatic carbocycles. The number of alkyl halides is 7. The summed E-state index contributed by atoms with van der Waals surface area (Å²) in [6.07, 6.45) is -12.0. The third kappa shape index (κ3) is 5.78. The molecule has 0 atom stereocenters. The Kier molecular flexibility index (Phi) is 7.68. The van der Waals surface area contributed by atoms with Gasteiger partial charge in [0, 0.05) is 0 Å². The van der Waals surface area contributed by atoms with Crippen LogP contribution < -0.4 is 8.92 Å². The first kappa shape index (κ1) is 30.6. The summed E-state index contributed by atoms with van der Waals surface area (Å²) >= 11 is 0. The number of hydrogen-bond acceptors (Lipinski definition) is 6. The van der Waals surface area contributed by atoms with Crippen LogP contribution >= 0.6 is 0 Å². The van der Waals surface area contributed by atoms with Crippen LogP contribution in [-0.2, 0) is 25.8 Å². The molecule has 2 rings (SSSR count). The Morgan fingerprint density at radius 3 is 1.27 bits per heavy atom. The van der Waals surface area contributed by atoms with Crippen LogP contribution in [0.1, 0.15) is 38.8 Å². The zero-order chi connectivity index (χ0) is 28.9. The summed E-state index contributed by atoms with van der Waals surface area (Å²) in [4.78, 5) is -2.50. The Morgan fingerprint density at radius 1 is 0.622 bits per heavy atom. The number of benzene rings is 2. The predicted molar refractivity (Wildman–Crippen MR) is 115 cm³/mol. The molecule has 0 saturated carbocycles. The zero-order valence-electron chi connectivity index (χ0n) is 19.4. The van der Waals surface area contributed by atoms with Crippen LogP contribution in [0.15, 0.2) is 48.5 Å². The third-order valence-electron chi connectivity index (χ3n) is 5.18. The fraction of sp³-hybridized carbons (Fsp3) is 0.429. The van der Waals surface area contributed by atoms with Gasteiger partial charge in [0.1, 0.15) is 11.5 Å². The molecule has 0 spiro atoms. The van der Waals surface area contributed by atoms with E-state index in [0.717, 1.165) is 13.8 Å². The van der Waals surface area contributed by atoms with Crippen molar-refractivity contribution in [1.82, 2.24) is 0 Å². The molecule has 0 saturated heterocycles. The molecule has 0 heterocycles. The third-order valence-corrected chi connectivity index (χ3v) is 8.03. The molecule has 208 valence electrons. The first-order valence-corrected chi connectivity index (χ1v) is 12.8. The van der Waals surface area contributed by atoms with Crippen LogP contribution in [0.25, 0.3) is 0 Å². The summed E-state index contributed by atoms with van der Waals surface area (Å²) in [5, 5.41) is -2.92. The van der Waals surface area contributed by atoms with Crippen LogP contribution in [-0.4, -0.2) is 39.1 Å². The van der Waals surface area contributed by atoms with Crippen LogP contribution in [0.2, 0.25) is 0 Å². The summed E-state index contributed by atoms with van der Waals surface area (Å²) < 4.78 is 168. The largest absolute Gasteiger partial charge is 0.469 e. The zero-order valence-corrected chi connectivity index (χ0v) is 21.0. The molecule has 2 aromatic rings. The smallest absolute Gasteiger partial charge is 0.411 e. The van der Waals surface area contributed by atoms with Gasteiger partial charge in [-0.05, 0) is 63.1 Å². The van der Waals surface area contributed by atoms with Gasteiger partial charge in [-0.15, -0.1) is 3.89 Å². The maximum atomic E-state index is 14.2. The molecule has 0 amide bonds. The highest BCUT2D eigenvalue weighted by molar-refractivity contribution is 7.88. The lowest BCUT2D eigenvalue weighted by Gasteiger charge is -2.38. The Balaban J connectivity index is 2.66. The minimum absolute atomic E-state index is 0.320. The second-order valence-electron chi connectivity index (χ2n) is 8.63. The lowest BCUT2D eigenvalue weighted by Crippen LogP contribution is -2.54. The van der Waals surface area contributed by atoms with Gasteiger partial charge in [-0.1, -0.05) is 24.3 Å². The molecule has 0 radical (unpaired) electrons. The molecular formula is C21H20F8O6S2. The molecule has 16 heteroatoms. The summed E-state index contributed by atoms with van der Waals surface area (Å²) in [6.45, 7) is 2.79. The Labute approximate surface area is 207 Å². The molecule has 0 aromatic heterocycles. The van der Waals surface area contributed by atoms with Gasteiger partial charge in [0.05, 0.1) is 0 Å². The van der Waals surface area contributed by atoms with E-state index in [0.29, 0.717) is 62.4 Å². The van der Waals surface area contributed by atoms with E-state index in [1.807, 2.05) is 0 Å². The van der Waals surface area contributed by atoms with Gasteiger partial charge in [-0.25, -0.2) is 4.39 Å². The molecule has 37 heavy (non-hydrogen) atoms. The van der Waals surface area contributed by atoms with Crippen LogP contribution in [0.3, 0.4) is 0 Å². The van der Waals surface area contributed by atoms with Crippen LogP contribution in [0, 0.1) is 0 Å². The lowest BCUT2D eigenvalue weighted by molar-refractivity contribution is -0.288. The summed E-state index contributed by atoms with van der Waals surface area (Å²) in [6, 6.07) is 3.58. The molecule has 0 unspecified atom stereocenters. The van der Waals surface area contributed by atoms with Crippen molar-refractivity contribution in [1.29, 1.82) is 0 Å². The van der Waals surface area contributed by atoms with E-state index in [9.17, 15) is 51.5 Å². The first-order valence-electron chi connectivity index (χ1n) is 9.97. The quantitative estimate of drug-likeness (QED) is 0.217. The van der Waals surface area contributed by atoms with Crippen molar-refractivity contribution in [3.63, 3.8) is 0 Å². The molecule has 0 aliphatic carbocycles. The highest BCUT2D eigenvalue weighted by Gasteiger charge is 2.72. The molecule has 0 aliphatic heterocycles. The summed E-state index contributed by atoms with van der Waals surface area (Å²) in [5.74, 6) is -1.29. The van der Waals surface area contributed by atoms with E-state index in [1.165, 1.54) is 0 Å². The van der Waals surface area contributed by atoms with Crippen molar-refractivity contribution < 1.29 is 60.4 Å². The Hall–Kier alpha value is -2.62.